The SMILES string of the molecule is CC(C)C(CNC(=O)C1NNC2CCNCC21)c1cccnc1. The molecule has 0 aromatic carbocycles. The fourth-order valence-corrected chi connectivity index (χ4v) is 3.63. The third-order valence-corrected chi connectivity index (χ3v) is 5.08. The summed E-state index contributed by atoms with van der Waals surface area (Å²) >= 11 is 0. The molecule has 4 atom stereocenters. The Balaban J connectivity index is 1.59. The van der Waals surface area contributed by atoms with Crippen LogP contribution in [0.15, 0.2) is 24.5 Å². The van der Waals surface area contributed by atoms with Crippen molar-refractivity contribution in [3.05, 3.63) is 30.1 Å². The molecule has 3 rings (SSSR count). The molecule has 1 aromatic rings. The van der Waals surface area contributed by atoms with Gasteiger partial charge in [-0.05, 0) is 30.5 Å². The van der Waals surface area contributed by atoms with E-state index < -0.39 is 0 Å². The zero-order valence-electron chi connectivity index (χ0n) is 13.9. The second-order valence-electron chi connectivity index (χ2n) is 6.91. The van der Waals surface area contributed by atoms with Crippen LogP contribution in [0.4, 0.5) is 0 Å². The molecule has 23 heavy (non-hydrogen) atoms. The van der Waals surface area contributed by atoms with E-state index in [0.29, 0.717) is 24.4 Å². The Bertz CT molecular complexity index is 521. The number of nitrogens with zero attached hydrogens (tertiary/aromatic N) is 1. The van der Waals surface area contributed by atoms with Crippen LogP contribution >= 0.6 is 0 Å². The normalized spacial score (nSPS) is 28.4. The smallest absolute Gasteiger partial charge is 0.238 e. The van der Waals surface area contributed by atoms with Crippen molar-refractivity contribution in [2.45, 2.75) is 38.3 Å². The van der Waals surface area contributed by atoms with Crippen molar-refractivity contribution in [1.82, 2.24) is 26.5 Å². The van der Waals surface area contributed by atoms with Crippen LogP contribution in [-0.2, 0) is 4.79 Å². The van der Waals surface area contributed by atoms with Crippen LogP contribution in [0.1, 0.15) is 31.7 Å². The molecule has 0 bridgehead atoms. The summed E-state index contributed by atoms with van der Waals surface area (Å²) in [6, 6.07) is 4.27. The molecule has 2 aliphatic heterocycles. The minimum absolute atomic E-state index is 0.0863. The van der Waals surface area contributed by atoms with Crippen LogP contribution < -0.4 is 21.5 Å². The number of hydrogen-bond acceptors (Lipinski definition) is 5. The van der Waals surface area contributed by atoms with Crippen molar-refractivity contribution < 1.29 is 4.79 Å². The van der Waals surface area contributed by atoms with E-state index in [1.165, 1.54) is 5.56 Å². The maximum Gasteiger partial charge on any atom is 0.238 e. The molecule has 0 saturated carbocycles. The summed E-state index contributed by atoms with van der Waals surface area (Å²) in [5.41, 5.74) is 7.63. The number of amides is 1. The van der Waals surface area contributed by atoms with Crippen molar-refractivity contribution in [1.29, 1.82) is 0 Å². The van der Waals surface area contributed by atoms with Gasteiger partial charge >= 0.3 is 0 Å². The number of hydrogen-bond donors (Lipinski definition) is 4. The number of pyridine rings is 1. The molecule has 1 aromatic heterocycles. The molecule has 6 heteroatoms. The maximum atomic E-state index is 12.6. The molecule has 126 valence electrons. The summed E-state index contributed by atoms with van der Waals surface area (Å²) in [6.45, 7) is 6.91. The van der Waals surface area contributed by atoms with E-state index in [2.05, 4.69) is 46.4 Å². The lowest BCUT2D eigenvalue weighted by Gasteiger charge is -2.28. The second-order valence-corrected chi connectivity index (χ2v) is 6.91. The van der Waals surface area contributed by atoms with Crippen molar-refractivity contribution >= 4 is 5.91 Å². The monoisotopic (exact) mass is 317 g/mol. The Morgan fingerprint density at radius 3 is 3.04 bits per heavy atom. The third-order valence-electron chi connectivity index (χ3n) is 5.08. The second kappa shape index (κ2) is 7.38. The first kappa shape index (κ1) is 16.4. The van der Waals surface area contributed by atoms with E-state index in [9.17, 15) is 4.79 Å². The van der Waals surface area contributed by atoms with Crippen molar-refractivity contribution in [2.75, 3.05) is 19.6 Å². The van der Waals surface area contributed by atoms with E-state index in [4.69, 9.17) is 0 Å². The van der Waals surface area contributed by atoms with Gasteiger partial charge in [-0.15, -0.1) is 0 Å². The Morgan fingerprint density at radius 2 is 2.30 bits per heavy atom. The van der Waals surface area contributed by atoms with Crippen LogP contribution in [0.5, 0.6) is 0 Å². The molecule has 2 aliphatic rings. The molecule has 2 fully saturated rings. The Kier molecular flexibility index (Phi) is 5.25. The zero-order valence-corrected chi connectivity index (χ0v) is 13.9. The Hall–Kier alpha value is -1.50. The van der Waals surface area contributed by atoms with E-state index in [-0.39, 0.29) is 17.9 Å². The van der Waals surface area contributed by atoms with Gasteiger partial charge in [-0.2, -0.15) is 0 Å². The predicted octanol–water partition coefficient (Wildman–Crippen LogP) is 0.392. The van der Waals surface area contributed by atoms with Gasteiger partial charge in [0.1, 0.15) is 6.04 Å². The van der Waals surface area contributed by atoms with Gasteiger partial charge in [0.05, 0.1) is 0 Å². The first-order valence-corrected chi connectivity index (χ1v) is 8.56. The molecule has 4 unspecified atom stereocenters. The van der Waals surface area contributed by atoms with Crippen molar-refractivity contribution in [3.8, 4) is 0 Å². The molecule has 0 radical (unpaired) electrons. The number of carbonyl (C=O) groups is 1. The van der Waals surface area contributed by atoms with Crippen LogP contribution in [0, 0.1) is 11.8 Å². The standard InChI is InChI=1S/C17H27N5O/c1-11(2)13(12-4-3-6-18-8-12)10-20-17(23)16-14-9-19-7-5-15(14)21-22-16/h3-4,6,8,11,13-16,19,21-22H,5,7,9-10H2,1-2H3,(H,20,23). The fraction of sp³-hybridized carbons (Fsp3) is 0.647. The first-order chi connectivity index (χ1) is 11.2. The van der Waals surface area contributed by atoms with E-state index in [1.807, 2.05) is 12.3 Å². The Labute approximate surface area is 137 Å². The molecular weight excluding hydrogens is 290 g/mol. The molecule has 2 saturated heterocycles. The molecule has 0 aliphatic carbocycles. The number of hydrazine groups is 1. The average molecular weight is 317 g/mol. The van der Waals surface area contributed by atoms with Gasteiger partial charge in [0, 0.05) is 43.4 Å². The van der Waals surface area contributed by atoms with Gasteiger partial charge in [0.25, 0.3) is 0 Å². The van der Waals surface area contributed by atoms with Gasteiger partial charge in [-0.25, -0.2) is 5.43 Å². The molecule has 0 spiro atoms. The van der Waals surface area contributed by atoms with Gasteiger partial charge < -0.3 is 10.6 Å². The number of rotatable bonds is 5. The highest BCUT2D eigenvalue weighted by molar-refractivity contribution is 5.82. The number of piperidine rings is 1. The molecule has 4 N–H and O–H groups in total. The minimum Gasteiger partial charge on any atom is -0.354 e. The number of fused-ring (bicyclic) bond motifs is 1. The quantitative estimate of drug-likeness (QED) is 0.632. The van der Waals surface area contributed by atoms with Crippen LogP contribution in [0.2, 0.25) is 0 Å². The first-order valence-electron chi connectivity index (χ1n) is 8.56. The van der Waals surface area contributed by atoms with E-state index in [0.717, 1.165) is 19.5 Å². The van der Waals surface area contributed by atoms with Gasteiger partial charge in [-0.3, -0.25) is 15.2 Å². The largest absolute Gasteiger partial charge is 0.354 e. The fourth-order valence-electron chi connectivity index (χ4n) is 3.63. The summed E-state index contributed by atoms with van der Waals surface area (Å²) < 4.78 is 0. The lowest BCUT2D eigenvalue weighted by Crippen LogP contribution is -2.50. The summed E-state index contributed by atoms with van der Waals surface area (Å²) in [5.74, 6) is 1.13. The van der Waals surface area contributed by atoms with Gasteiger partial charge in [-0.1, -0.05) is 19.9 Å². The van der Waals surface area contributed by atoms with Gasteiger partial charge in [0.2, 0.25) is 5.91 Å². The molecule has 3 heterocycles. The topological polar surface area (TPSA) is 78.1 Å². The number of nitrogens with one attached hydrogen (secondary N) is 4. The number of aromatic nitrogens is 1. The zero-order chi connectivity index (χ0) is 16.2. The van der Waals surface area contributed by atoms with E-state index in [1.54, 1.807) is 6.20 Å². The highest BCUT2D eigenvalue weighted by Crippen LogP contribution is 2.24. The molecular formula is C17H27N5O. The van der Waals surface area contributed by atoms with Crippen molar-refractivity contribution in [2.24, 2.45) is 11.8 Å². The lowest BCUT2D eigenvalue weighted by molar-refractivity contribution is -0.124. The summed E-state index contributed by atoms with van der Waals surface area (Å²) in [7, 11) is 0. The van der Waals surface area contributed by atoms with E-state index >= 15 is 0 Å². The van der Waals surface area contributed by atoms with Gasteiger partial charge in [0.15, 0.2) is 0 Å². The minimum atomic E-state index is -0.158. The Morgan fingerprint density at radius 1 is 1.43 bits per heavy atom. The predicted molar refractivity (Wildman–Crippen MR) is 89.6 cm³/mol. The highest BCUT2D eigenvalue weighted by Gasteiger charge is 2.41. The molecule has 1 amide bonds. The lowest BCUT2D eigenvalue weighted by atomic mass is 9.87. The summed E-state index contributed by atoms with van der Waals surface area (Å²) in [6.07, 6.45) is 4.74. The van der Waals surface area contributed by atoms with Crippen LogP contribution in [-0.4, -0.2) is 42.6 Å². The number of carbonyl (C=O) groups excluding carboxylic acids is 1. The average Bonchev–Trinajstić information content (AvgIpc) is 2.99. The maximum absolute atomic E-state index is 12.6. The highest BCUT2D eigenvalue weighted by atomic mass is 16.2. The van der Waals surface area contributed by atoms with Crippen LogP contribution in [0.25, 0.3) is 0 Å². The summed E-state index contributed by atoms with van der Waals surface area (Å²) in [4.78, 5) is 16.8. The third kappa shape index (κ3) is 3.71. The van der Waals surface area contributed by atoms with Crippen LogP contribution in [0.3, 0.4) is 0 Å². The summed E-state index contributed by atoms with van der Waals surface area (Å²) in [5, 5.41) is 6.52. The molecule has 6 nitrogen and oxygen atoms in total. The van der Waals surface area contributed by atoms with Crippen molar-refractivity contribution in [3.63, 3.8) is 0 Å².